The molecule has 0 unspecified atom stereocenters. The lowest BCUT2D eigenvalue weighted by Crippen LogP contribution is -2.43. The van der Waals surface area contributed by atoms with Gasteiger partial charge in [-0.1, -0.05) is 12.1 Å². The maximum atomic E-state index is 12.8. The molecule has 0 bridgehead atoms. The predicted molar refractivity (Wildman–Crippen MR) is 69.6 cm³/mol. The summed E-state index contributed by atoms with van der Waals surface area (Å²) in [4.78, 5) is 0. The molecular weight excluding hydrogens is 227 g/mol. The number of rotatable bonds is 4. The smallest absolute Gasteiger partial charge is 0.123 e. The molecule has 0 heterocycles. The number of benzene rings is 1. The van der Waals surface area contributed by atoms with E-state index in [1.165, 1.54) is 17.7 Å². The Balaban J connectivity index is 1.78. The Labute approximate surface area is 108 Å². The number of nitrogens with zero attached hydrogens (tertiary/aromatic N) is 1. The van der Waals surface area contributed by atoms with Crippen molar-refractivity contribution in [2.45, 2.75) is 38.6 Å². The molecule has 1 aliphatic carbocycles. The zero-order valence-electron chi connectivity index (χ0n) is 10.9. The molecule has 1 aromatic carbocycles. The van der Waals surface area contributed by atoms with Gasteiger partial charge >= 0.3 is 0 Å². The van der Waals surface area contributed by atoms with E-state index in [0.717, 1.165) is 19.4 Å². The first-order valence-electron chi connectivity index (χ1n) is 6.40. The van der Waals surface area contributed by atoms with Gasteiger partial charge in [0.25, 0.3) is 0 Å². The SMILES string of the molecule is CC(C)(C#N)CNC1CC(c2ccc(F)cc2)C1. The maximum Gasteiger partial charge on any atom is 0.123 e. The highest BCUT2D eigenvalue weighted by Gasteiger charge is 2.31. The highest BCUT2D eigenvalue weighted by atomic mass is 19.1. The fraction of sp³-hybridized carbons (Fsp3) is 0.533. The summed E-state index contributed by atoms with van der Waals surface area (Å²) in [6, 6.07) is 9.57. The summed E-state index contributed by atoms with van der Waals surface area (Å²) in [6.07, 6.45) is 2.15. The Morgan fingerprint density at radius 3 is 2.50 bits per heavy atom. The highest BCUT2D eigenvalue weighted by Crippen LogP contribution is 2.37. The van der Waals surface area contributed by atoms with Crippen LogP contribution in [0.3, 0.4) is 0 Å². The van der Waals surface area contributed by atoms with E-state index in [9.17, 15) is 4.39 Å². The molecule has 1 aromatic rings. The lowest BCUT2D eigenvalue weighted by Gasteiger charge is -2.37. The molecule has 0 saturated heterocycles. The zero-order valence-corrected chi connectivity index (χ0v) is 10.9. The van der Waals surface area contributed by atoms with Crippen LogP contribution < -0.4 is 5.32 Å². The van der Waals surface area contributed by atoms with Crippen molar-refractivity contribution >= 4 is 0 Å². The first-order valence-corrected chi connectivity index (χ1v) is 6.40. The highest BCUT2D eigenvalue weighted by molar-refractivity contribution is 5.23. The van der Waals surface area contributed by atoms with Gasteiger partial charge in [0, 0.05) is 12.6 Å². The van der Waals surface area contributed by atoms with Crippen LogP contribution in [0.25, 0.3) is 0 Å². The predicted octanol–water partition coefficient (Wildman–Crippen LogP) is 3.21. The van der Waals surface area contributed by atoms with Gasteiger partial charge in [-0.15, -0.1) is 0 Å². The Morgan fingerprint density at radius 2 is 1.94 bits per heavy atom. The molecule has 2 rings (SSSR count). The average Bonchev–Trinajstić information content (AvgIpc) is 2.29. The van der Waals surface area contributed by atoms with Crippen LogP contribution >= 0.6 is 0 Å². The van der Waals surface area contributed by atoms with E-state index in [-0.39, 0.29) is 11.2 Å². The van der Waals surface area contributed by atoms with E-state index in [1.54, 1.807) is 0 Å². The quantitative estimate of drug-likeness (QED) is 0.885. The number of hydrogen-bond acceptors (Lipinski definition) is 2. The van der Waals surface area contributed by atoms with Crippen LogP contribution in [-0.2, 0) is 0 Å². The van der Waals surface area contributed by atoms with E-state index in [0.29, 0.717) is 12.0 Å². The molecule has 0 atom stereocenters. The first-order chi connectivity index (χ1) is 8.50. The number of halogens is 1. The molecule has 3 heteroatoms. The molecule has 0 radical (unpaired) electrons. The Bertz CT molecular complexity index is 439. The lowest BCUT2D eigenvalue weighted by atomic mass is 9.75. The fourth-order valence-corrected chi connectivity index (χ4v) is 2.23. The van der Waals surface area contributed by atoms with E-state index in [2.05, 4.69) is 11.4 Å². The van der Waals surface area contributed by atoms with E-state index >= 15 is 0 Å². The van der Waals surface area contributed by atoms with Crippen molar-refractivity contribution in [1.29, 1.82) is 5.26 Å². The minimum Gasteiger partial charge on any atom is -0.312 e. The molecule has 0 spiro atoms. The number of hydrogen-bond donors (Lipinski definition) is 1. The number of nitrogens with one attached hydrogen (secondary N) is 1. The van der Waals surface area contributed by atoms with Crippen LogP contribution in [0.4, 0.5) is 4.39 Å². The number of nitriles is 1. The Hall–Kier alpha value is -1.40. The van der Waals surface area contributed by atoms with Crippen molar-refractivity contribution in [3.05, 3.63) is 35.6 Å². The third kappa shape index (κ3) is 3.08. The van der Waals surface area contributed by atoms with Crippen LogP contribution in [0.1, 0.15) is 38.2 Å². The zero-order chi connectivity index (χ0) is 13.2. The van der Waals surface area contributed by atoms with Gasteiger partial charge < -0.3 is 5.32 Å². The van der Waals surface area contributed by atoms with Gasteiger partial charge in [-0.05, 0) is 50.3 Å². The Kier molecular flexibility index (Phi) is 3.68. The van der Waals surface area contributed by atoms with Gasteiger partial charge in [0.15, 0.2) is 0 Å². The summed E-state index contributed by atoms with van der Waals surface area (Å²) >= 11 is 0. The summed E-state index contributed by atoms with van der Waals surface area (Å²) in [5.74, 6) is 0.358. The van der Waals surface area contributed by atoms with Crippen molar-refractivity contribution in [2.75, 3.05) is 6.54 Å². The molecule has 0 aromatic heterocycles. The molecule has 1 N–H and O–H groups in total. The maximum absolute atomic E-state index is 12.8. The first kappa shape index (κ1) is 13.0. The normalized spacial score (nSPS) is 23.2. The summed E-state index contributed by atoms with van der Waals surface area (Å²) in [7, 11) is 0. The fourth-order valence-electron chi connectivity index (χ4n) is 2.23. The molecule has 1 aliphatic rings. The van der Waals surface area contributed by atoms with Crippen molar-refractivity contribution in [3.8, 4) is 6.07 Å². The van der Waals surface area contributed by atoms with Crippen molar-refractivity contribution in [1.82, 2.24) is 5.32 Å². The second-order valence-corrected chi connectivity index (χ2v) is 5.79. The molecule has 2 nitrogen and oxygen atoms in total. The van der Waals surface area contributed by atoms with Gasteiger partial charge in [0.1, 0.15) is 5.82 Å². The van der Waals surface area contributed by atoms with Gasteiger partial charge in [-0.2, -0.15) is 5.26 Å². The molecule has 18 heavy (non-hydrogen) atoms. The third-order valence-electron chi connectivity index (χ3n) is 3.61. The van der Waals surface area contributed by atoms with Crippen LogP contribution in [0.5, 0.6) is 0 Å². The van der Waals surface area contributed by atoms with Crippen LogP contribution in [0.15, 0.2) is 24.3 Å². The summed E-state index contributed by atoms with van der Waals surface area (Å²) in [6.45, 7) is 4.61. The van der Waals surface area contributed by atoms with Gasteiger partial charge in [0.05, 0.1) is 11.5 Å². The van der Waals surface area contributed by atoms with Gasteiger partial charge in [-0.3, -0.25) is 0 Å². The van der Waals surface area contributed by atoms with Crippen LogP contribution in [0, 0.1) is 22.6 Å². The second-order valence-electron chi connectivity index (χ2n) is 5.79. The van der Waals surface area contributed by atoms with E-state index in [4.69, 9.17) is 5.26 Å². The summed E-state index contributed by atoms with van der Waals surface area (Å²) < 4.78 is 12.8. The topological polar surface area (TPSA) is 35.8 Å². The molecule has 96 valence electrons. The van der Waals surface area contributed by atoms with Crippen LogP contribution in [-0.4, -0.2) is 12.6 Å². The largest absolute Gasteiger partial charge is 0.312 e. The van der Waals surface area contributed by atoms with Crippen molar-refractivity contribution in [3.63, 3.8) is 0 Å². The Morgan fingerprint density at radius 1 is 1.33 bits per heavy atom. The minimum absolute atomic E-state index is 0.177. The molecule has 0 amide bonds. The van der Waals surface area contributed by atoms with E-state index < -0.39 is 0 Å². The molecule has 1 saturated carbocycles. The monoisotopic (exact) mass is 246 g/mol. The molecular formula is C15H19FN2. The summed E-state index contributed by atoms with van der Waals surface area (Å²) in [5.41, 5.74) is 0.912. The lowest BCUT2D eigenvalue weighted by molar-refractivity contribution is 0.267. The van der Waals surface area contributed by atoms with Gasteiger partial charge in [0.2, 0.25) is 0 Å². The standard InChI is InChI=1S/C15H19FN2/c1-15(2,9-17)10-18-14-7-12(8-14)11-3-5-13(16)6-4-11/h3-6,12,14,18H,7-8,10H2,1-2H3. The molecule has 0 aliphatic heterocycles. The van der Waals surface area contributed by atoms with Gasteiger partial charge in [-0.25, -0.2) is 4.39 Å². The van der Waals surface area contributed by atoms with Crippen molar-refractivity contribution < 1.29 is 4.39 Å². The molecule has 1 fully saturated rings. The second kappa shape index (κ2) is 5.07. The van der Waals surface area contributed by atoms with Crippen molar-refractivity contribution in [2.24, 2.45) is 5.41 Å². The third-order valence-corrected chi connectivity index (χ3v) is 3.61. The summed E-state index contributed by atoms with van der Waals surface area (Å²) in [5, 5.41) is 12.4. The minimum atomic E-state index is -0.305. The van der Waals surface area contributed by atoms with E-state index in [1.807, 2.05) is 26.0 Å². The average molecular weight is 246 g/mol. The van der Waals surface area contributed by atoms with Crippen LogP contribution in [0.2, 0.25) is 0 Å².